The Morgan fingerprint density at radius 1 is 1.12 bits per heavy atom. The number of nitrogens with zero attached hydrogens (tertiary/aromatic N) is 2. The van der Waals surface area contributed by atoms with Crippen molar-refractivity contribution in [3.05, 3.63) is 65.9 Å². The lowest BCUT2D eigenvalue weighted by Gasteiger charge is -2.19. The zero-order valence-corrected chi connectivity index (χ0v) is 21.1. The van der Waals surface area contributed by atoms with Crippen molar-refractivity contribution in [1.29, 1.82) is 0 Å². The second kappa shape index (κ2) is 8.79. The maximum absolute atomic E-state index is 13.1. The van der Waals surface area contributed by atoms with Crippen molar-refractivity contribution in [2.45, 2.75) is 52.5 Å². The van der Waals surface area contributed by atoms with Gasteiger partial charge in [0, 0.05) is 41.7 Å². The summed E-state index contributed by atoms with van der Waals surface area (Å²) in [6.07, 6.45) is 1.91. The highest BCUT2D eigenvalue weighted by Gasteiger charge is 2.33. The SMILES string of the molecule is C=C(C)Cn1c(C(=O)OC)c(-c2ccc(C(C)(C)C)cc2)c2cc(N(C)C(=O)C3CC3)ccc21. The number of hydrogen-bond donors (Lipinski definition) is 0. The number of anilines is 1. The van der Waals surface area contributed by atoms with E-state index in [9.17, 15) is 9.59 Å². The minimum Gasteiger partial charge on any atom is -0.464 e. The Bertz CT molecular complexity index is 1270. The van der Waals surface area contributed by atoms with E-state index in [1.807, 2.05) is 36.7 Å². The molecule has 1 saturated carbocycles. The van der Waals surface area contributed by atoms with E-state index in [1.54, 1.807) is 4.90 Å². The van der Waals surface area contributed by atoms with Crippen LogP contribution in [0, 0.1) is 5.92 Å². The van der Waals surface area contributed by atoms with E-state index in [0.717, 1.165) is 46.1 Å². The third-order valence-electron chi connectivity index (χ3n) is 6.54. The van der Waals surface area contributed by atoms with Crippen molar-refractivity contribution in [3.8, 4) is 11.1 Å². The van der Waals surface area contributed by atoms with Crippen LogP contribution in [0.3, 0.4) is 0 Å². The molecule has 1 heterocycles. The van der Waals surface area contributed by atoms with E-state index in [-0.39, 0.29) is 17.2 Å². The van der Waals surface area contributed by atoms with Gasteiger partial charge in [0.2, 0.25) is 5.91 Å². The number of amides is 1. The molecule has 3 aromatic rings. The Kier molecular flexibility index (Phi) is 6.15. The predicted molar refractivity (Wildman–Crippen MR) is 138 cm³/mol. The van der Waals surface area contributed by atoms with Gasteiger partial charge < -0.3 is 14.2 Å². The summed E-state index contributed by atoms with van der Waals surface area (Å²) < 4.78 is 7.21. The maximum atomic E-state index is 13.1. The summed E-state index contributed by atoms with van der Waals surface area (Å²) in [5.41, 5.74) is 6.16. The van der Waals surface area contributed by atoms with E-state index in [1.165, 1.54) is 12.7 Å². The highest BCUT2D eigenvalue weighted by Crippen LogP contribution is 2.39. The van der Waals surface area contributed by atoms with Gasteiger partial charge in [-0.2, -0.15) is 0 Å². The predicted octanol–water partition coefficient (Wildman–Crippen LogP) is 6.34. The topological polar surface area (TPSA) is 51.5 Å². The molecule has 4 rings (SSSR count). The Hall–Kier alpha value is -3.34. The summed E-state index contributed by atoms with van der Waals surface area (Å²) in [5.74, 6) is -0.120. The number of carbonyl (C=O) groups excluding carboxylic acids is 2. The molecular formula is C29H34N2O3. The lowest BCUT2D eigenvalue weighted by Crippen LogP contribution is -2.27. The van der Waals surface area contributed by atoms with Gasteiger partial charge >= 0.3 is 5.97 Å². The molecule has 0 bridgehead atoms. The second-order valence-corrected chi connectivity index (χ2v) is 10.5. The fourth-order valence-electron chi connectivity index (χ4n) is 4.45. The normalized spacial score (nSPS) is 13.7. The molecule has 1 amide bonds. The first-order valence-corrected chi connectivity index (χ1v) is 11.8. The summed E-state index contributed by atoms with van der Waals surface area (Å²) in [4.78, 5) is 27.6. The lowest BCUT2D eigenvalue weighted by molar-refractivity contribution is -0.119. The van der Waals surface area contributed by atoms with Crippen molar-refractivity contribution in [2.24, 2.45) is 5.92 Å². The second-order valence-electron chi connectivity index (χ2n) is 10.5. The molecule has 2 aromatic carbocycles. The van der Waals surface area contributed by atoms with Crippen molar-refractivity contribution in [2.75, 3.05) is 19.1 Å². The van der Waals surface area contributed by atoms with Crippen molar-refractivity contribution in [1.82, 2.24) is 4.57 Å². The Morgan fingerprint density at radius 2 is 1.76 bits per heavy atom. The molecule has 0 radical (unpaired) electrons. The van der Waals surface area contributed by atoms with Crippen LogP contribution in [0.1, 0.15) is 56.6 Å². The van der Waals surface area contributed by atoms with Crippen LogP contribution in [0.4, 0.5) is 5.69 Å². The number of fused-ring (bicyclic) bond motifs is 1. The van der Waals surface area contributed by atoms with Crippen LogP contribution in [0.2, 0.25) is 0 Å². The number of ether oxygens (including phenoxy) is 1. The van der Waals surface area contributed by atoms with E-state index >= 15 is 0 Å². The van der Waals surface area contributed by atoms with Gasteiger partial charge in [-0.15, -0.1) is 0 Å². The van der Waals surface area contributed by atoms with Crippen LogP contribution in [-0.4, -0.2) is 30.6 Å². The minimum atomic E-state index is -0.392. The number of benzene rings is 2. The van der Waals surface area contributed by atoms with E-state index in [0.29, 0.717) is 12.2 Å². The number of aromatic nitrogens is 1. The van der Waals surface area contributed by atoms with Gasteiger partial charge in [-0.3, -0.25) is 4.79 Å². The molecule has 5 nitrogen and oxygen atoms in total. The smallest absolute Gasteiger partial charge is 0.355 e. The summed E-state index contributed by atoms with van der Waals surface area (Å²) in [5, 5.41) is 0.915. The van der Waals surface area contributed by atoms with Crippen LogP contribution < -0.4 is 4.90 Å². The Labute approximate surface area is 202 Å². The molecule has 34 heavy (non-hydrogen) atoms. The van der Waals surface area contributed by atoms with Crippen molar-refractivity contribution >= 4 is 28.5 Å². The Balaban J connectivity index is 1.97. The van der Waals surface area contributed by atoms with Gasteiger partial charge in [0.05, 0.1) is 7.11 Å². The number of hydrogen-bond acceptors (Lipinski definition) is 3. The first-order chi connectivity index (χ1) is 16.0. The molecule has 1 aliphatic rings. The van der Waals surface area contributed by atoms with Crippen molar-refractivity contribution < 1.29 is 14.3 Å². The summed E-state index contributed by atoms with van der Waals surface area (Å²) >= 11 is 0. The molecule has 1 aromatic heterocycles. The number of allylic oxidation sites excluding steroid dienone is 1. The van der Waals surface area contributed by atoms with Crippen LogP contribution in [0.5, 0.6) is 0 Å². The fourth-order valence-corrected chi connectivity index (χ4v) is 4.45. The third kappa shape index (κ3) is 4.39. The number of rotatable bonds is 6. The first kappa shape index (κ1) is 23.8. The minimum absolute atomic E-state index is 0.0245. The standard InChI is InChI=1S/C29H34N2O3/c1-18(2)17-31-24-15-14-22(30(6)27(32)20-8-9-20)16-23(24)25(26(31)28(33)34-7)19-10-12-21(13-11-19)29(3,4)5/h10-16,20H,1,8-9,17H2,2-7H3. The molecule has 1 aliphatic carbocycles. The van der Waals surface area contributed by atoms with E-state index in [4.69, 9.17) is 4.74 Å². The molecule has 0 unspecified atom stereocenters. The summed E-state index contributed by atoms with van der Waals surface area (Å²) in [7, 11) is 3.23. The molecule has 0 N–H and O–H groups in total. The molecule has 0 spiro atoms. The first-order valence-electron chi connectivity index (χ1n) is 11.8. The van der Waals surface area contributed by atoms with Crippen molar-refractivity contribution in [3.63, 3.8) is 0 Å². The van der Waals surface area contributed by atoms with E-state index in [2.05, 4.69) is 51.6 Å². The van der Waals surface area contributed by atoms with E-state index < -0.39 is 5.97 Å². The van der Waals surface area contributed by atoms with Crippen LogP contribution in [0.15, 0.2) is 54.6 Å². The van der Waals surface area contributed by atoms with Gasteiger partial charge in [0.15, 0.2) is 0 Å². The molecule has 1 fully saturated rings. The molecule has 0 saturated heterocycles. The molecular weight excluding hydrogens is 424 g/mol. The summed E-state index contributed by atoms with van der Waals surface area (Å²) in [6, 6.07) is 14.3. The average Bonchev–Trinajstić information content (AvgIpc) is 3.60. The highest BCUT2D eigenvalue weighted by molar-refractivity contribution is 6.10. The van der Waals surface area contributed by atoms with Gasteiger partial charge in [-0.25, -0.2) is 4.79 Å². The fraction of sp³-hybridized carbons (Fsp3) is 0.379. The largest absolute Gasteiger partial charge is 0.464 e. The molecule has 5 heteroatoms. The quantitative estimate of drug-likeness (QED) is 0.320. The number of carbonyl (C=O) groups is 2. The monoisotopic (exact) mass is 458 g/mol. The zero-order valence-electron chi connectivity index (χ0n) is 21.1. The third-order valence-corrected chi connectivity index (χ3v) is 6.54. The summed E-state index contributed by atoms with van der Waals surface area (Å²) in [6.45, 7) is 13.1. The highest BCUT2D eigenvalue weighted by atomic mass is 16.5. The maximum Gasteiger partial charge on any atom is 0.355 e. The van der Waals surface area contributed by atoms with Gasteiger partial charge in [0.25, 0.3) is 0 Å². The Morgan fingerprint density at radius 3 is 2.29 bits per heavy atom. The van der Waals surface area contributed by atoms with Crippen LogP contribution >= 0.6 is 0 Å². The zero-order chi connectivity index (χ0) is 24.8. The van der Waals surface area contributed by atoms with Crippen LogP contribution in [0.25, 0.3) is 22.0 Å². The number of esters is 1. The average molecular weight is 459 g/mol. The number of methoxy groups -OCH3 is 1. The molecule has 0 aliphatic heterocycles. The van der Waals surface area contributed by atoms with Gasteiger partial charge in [-0.05, 0) is 54.5 Å². The van der Waals surface area contributed by atoms with Gasteiger partial charge in [-0.1, -0.05) is 57.2 Å². The lowest BCUT2D eigenvalue weighted by atomic mass is 9.86. The molecule has 0 atom stereocenters. The molecule has 178 valence electrons. The van der Waals surface area contributed by atoms with Crippen LogP contribution in [-0.2, 0) is 21.5 Å². The van der Waals surface area contributed by atoms with Gasteiger partial charge in [0.1, 0.15) is 5.69 Å².